The molecule has 2 nitrogen and oxygen atoms in total. The summed E-state index contributed by atoms with van der Waals surface area (Å²) in [6.45, 7) is 13.8. The summed E-state index contributed by atoms with van der Waals surface area (Å²) in [6, 6.07) is 0. The fourth-order valence-electron chi connectivity index (χ4n) is 4.23. The van der Waals surface area contributed by atoms with Gasteiger partial charge in [0.2, 0.25) is 0 Å². The summed E-state index contributed by atoms with van der Waals surface area (Å²) in [4.78, 5) is 22.3. The summed E-state index contributed by atoms with van der Waals surface area (Å²) in [5, 5.41) is 0. The molecule has 2 saturated carbocycles. The van der Waals surface area contributed by atoms with E-state index >= 15 is 0 Å². The first kappa shape index (κ1) is 22.4. The first-order valence-electron chi connectivity index (χ1n) is 10.7. The number of ketones is 2. The van der Waals surface area contributed by atoms with Gasteiger partial charge in [0.25, 0.3) is 0 Å². The molecule has 0 saturated heterocycles. The van der Waals surface area contributed by atoms with E-state index in [2.05, 4.69) is 41.5 Å². The largest absolute Gasteiger partial charge is 0.300 e. The van der Waals surface area contributed by atoms with E-state index < -0.39 is 0 Å². The molecule has 0 spiro atoms. The minimum absolute atomic E-state index is 0.435. The van der Waals surface area contributed by atoms with E-state index in [4.69, 9.17) is 0 Å². The van der Waals surface area contributed by atoms with Crippen LogP contribution in [0.2, 0.25) is 0 Å². The van der Waals surface area contributed by atoms with Gasteiger partial charge in [0, 0.05) is 25.7 Å². The van der Waals surface area contributed by atoms with Crippen molar-refractivity contribution in [3.05, 3.63) is 0 Å². The Bertz CT molecular complexity index is 423. The Morgan fingerprint density at radius 2 is 1.04 bits per heavy atom. The molecule has 146 valence electrons. The lowest BCUT2D eigenvalue weighted by molar-refractivity contribution is -0.122. The predicted molar refractivity (Wildman–Crippen MR) is 107 cm³/mol. The molecule has 1 unspecified atom stereocenters. The van der Waals surface area contributed by atoms with E-state index in [9.17, 15) is 9.59 Å². The molecule has 2 aliphatic carbocycles. The molecule has 0 radical (unpaired) electrons. The van der Waals surface area contributed by atoms with Crippen LogP contribution in [0.15, 0.2) is 0 Å². The average molecular weight is 351 g/mol. The molecule has 0 aromatic carbocycles. The molecule has 0 aromatic rings. The Labute approximate surface area is 156 Å². The molecule has 2 fully saturated rings. The Hall–Kier alpha value is -0.660. The van der Waals surface area contributed by atoms with Gasteiger partial charge in [-0.05, 0) is 54.8 Å². The van der Waals surface area contributed by atoms with Crippen LogP contribution in [0.1, 0.15) is 112 Å². The zero-order chi connectivity index (χ0) is 19.1. The highest BCUT2D eigenvalue weighted by Crippen LogP contribution is 2.40. The fraction of sp³-hybridized carbons (Fsp3) is 0.913. The smallest absolute Gasteiger partial charge is 0.132 e. The maximum absolute atomic E-state index is 11.2. The number of carbonyl (C=O) groups excluding carboxylic acids is 2. The van der Waals surface area contributed by atoms with Crippen LogP contribution >= 0.6 is 0 Å². The van der Waals surface area contributed by atoms with Crippen molar-refractivity contribution in [1.29, 1.82) is 0 Å². The summed E-state index contributed by atoms with van der Waals surface area (Å²) in [7, 11) is 0. The van der Waals surface area contributed by atoms with Gasteiger partial charge in [-0.2, -0.15) is 0 Å². The van der Waals surface area contributed by atoms with Crippen molar-refractivity contribution in [2.75, 3.05) is 0 Å². The van der Waals surface area contributed by atoms with Gasteiger partial charge in [-0.25, -0.2) is 0 Å². The molecule has 0 aromatic heterocycles. The number of hydrogen-bond acceptors (Lipinski definition) is 2. The number of carbonyl (C=O) groups is 2. The molecule has 2 rings (SSSR count). The van der Waals surface area contributed by atoms with Crippen LogP contribution < -0.4 is 0 Å². The minimum Gasteiger partial charge on any atom is -0.300 e. The van der Waals surface area contributed by atoms with E-state index in [-0.39, 0.29) is 0 Å². The van der Waals surface area contributed by atoms with Crippen LogP contribution in [0.25, 0.3) is 0 Å². The Kier molecular flexibility index (Phi) is 8.84. The van der Waals surface area contributed by atoms with Gasteiger partial charge in [0.15, 0.2) is 0 Å². The predicted octanol–water partition coefficient (Wildman–Crippen LogP) is 6.75. The zero-order valence-electron chi connectivity index (χ0n) is 17.7. The molecule has 2 aliphatic rings. The van der Waals surface area contributed by atoms with Crippen molar-refractivity contribution in [2.24, 2.45) is 22.7 Å². The molecule has 0 N–H and O–H groups in total. The molecule has 0 heterocycles. The van der Waals surface area contributed by atoms with Crippen LogP contribution in [-0.2, 0) is 9.59 Å². The highest BCUT2D eigenvalue weighted by Gasteiger charge is 2.31. The third-order valence-electron chi connectivity index (χ3n) is 7.36. The molecule has 0 amide bonds. The van der Waals surface area contributed by atoms with E-state index in [1.165, 1.54) is 19.3 Å². The van der Waals surface area contributed by atoms with Gasteiger partial charge in [0.1, 0.15) is 11.6 Å². The number of rotatable bonds is 4. The molecule has 25 heavy (non-hydrogen) atoms. The van der Waals surface area contributed by atoms with Crippen LogP contribution in [-0.4, -0.2) is 11.6 Å². The second kappa shape index (κ2) is 9.88. The SMILES string of the molecule is CCC(C)(C)C1CCC(=O)CC1.CCC(C)(C)C1CCCC(=O)CC1. The summed E-state index contributed by atoms with van der Waals surface area (Å²) in [6.07, 6.45) is 11.5. The summed E-state index contributed by atoms with van der Waals surface area (Å²) in [5.41, 5.74) is 0.880. The van der Waals surface area contributed by atoms with Crippen LogP contribution in [0.5, 0.6) is 0 Å². The second-order valence-corrected chi connectivity index (χ2v) is 9.66. The summed E-state index contributed by atoms with van der Waals surface area (Å²) < 4.78 is 0. The maximum Gasteiger partial charge on any atom is 0.132 e. The van der Waals surface area contributed by atoms with Crippen molar-refractivity contribution >= 4 is 11.6 Å². The van der Waals surface area contributed by atoms with Gasteiger partial charge in [0.05, 0.1) is 0 Å². The van der Waals surface area contributed by atoms with Crippen LogP contribution in [0, 0.1) is 22.7 Å². The second-order valence-electron chi connectivity index (χ2n) is 9.66. The lowest BCUT2D eigenvalue weighted by Crippen LogP contribution is -2.27. The third kappa shape index (κ3) is 7.23. The van der Waals surface area contributed by atoms with Gasteiger partial charge in [-0.1, -0.05) is 54.4 Å². The van der Waals surface area contributed by atoms with E-state index in [1.807, 2.05) is 0 Å². The van der Waals surface area contributed by atoms with Gasteiger partial charge >= 0.3 is 0 Å². The molecule has 0 aliphatic heterocycles. The highest BCUT2D eigenvalue weighted by molar-refractivity contribution is 5.79. The van der Waals surface area contributed by atoms with Crippen molar-refractivity contribution in [2.45, 2.75) is 112 Å². The average Bonchev–Trinajstić information content (AvgIpc) is 2.81. The number of Topliss-reactive ketones (excluding diaryl/α,β-unsaturated/α-hetero) is 2. The number of hydrogen-bond donors (Lipinski definition) is 0. The van der Waals surface area contributed by atoms with Crippen molar-refractivity contribution in [3.8, 4) is 0 Å². The van der Waals surface area contributed by atoms with E-state index in [1.54, 1.807) is 0 Å². The quantitative estimate of drug-likeness (QED) is 0.525. The van der Waals surface area contributed by atoms with E-state index in [0.29, 0.717) is 22.4 Å². The Morgan fingerprint density at radius 1 is 0.680 bits per heavy atom. The summed E-state index contributed by atoms with van der Waals surface area (Å²) >= 11 is 0. The van der Waals surface area contributed by atoms with Crippen molar-refractivity contribution in [3.63, 3.8) is 0 Å². The van der Waals surface area contributed by atoms with Crippen molar-refractivity contribution in [1.82, 2.24) is 0 Å². The fourth-order valence-corrected chi connectivity index (χ4v) is 4.23. The highest BCUT2D eigenvalue weighted by atomic mass is 16.1. The maximum atomic E-state index is 11.2. The molecule has 2 heteroatoms. The van der Waals surface area contributed by atoms with Gasteiger partial charge < -0.3 is 0 Å². The molecule has 0 bridgehead atoms. The monoisotopic (exact) mass is 350 g/mol. The van der Waals surface area contributed by atoms with Crippen molar-refractivity contribution < 1.29 is 9.59 Å². The van der Waals surface area contributed by atoms with E-state index in [0.717, 1.165) is 63.2 Å². The minimum atomic E-state index is 0.435. The lowest BCUT2D eigenvalue weighted by Gasteiger charge is -2.35. The van der Waals surface area contributed by atoms with Crippen LogP contribution in [0.3, 0.4) is 0 Å². The van der Waals surface area contributed by atoms with Gasteiger partial charge in [-0.15, -0.1) is 0 Å². The first-order chi connectivity index (χ1) is 11.6. The third-order valence-corrected chi connectivity index (χ3v) is 7.36. The molecule has 1 atom stereocenters. The molecular formula is C23H42O2. The van der Waals surface area contributed by atoms with Gasteiger partial charge in [-0.3, -0.25) is 9.59 Å². The summed E-state index contributed by atoms with van der Waals surface area (Å²) in [5.74, 6) is 2.50. The van der Waals surface area contributed by atoms with Crippen LogP contribution in [0.4, 0.5) is 0 Å². The normalized spacial score (nSPS) is 23.7. The Morgan fingerprint density at radius 3 is 1.44 bits per heavy atom. The standard InChI is InChI=1S/C12H22O.C11H20O/c1-4-12(2,3)10-6-5-7-11(13)9-8-10;1-4-11(2,3)9-5-7-10(12)8-6-9/h10H,4-9H2,1-3H3;9H,4-8H2,1-3H3. The molecular weight excluding hydrogens is 308 g/mol. The zero-order valence-corrected chi connectivity index (χ0v) is 17.7. The Balaban J connectivity index is 0.000000251. The first-order valence-corrected chi connectivity index (χ1v) is 10.7. The topological polar surface area (TPSA) is 34.1 Å². The lowest BCUT2D eigenvalue weighted by atomic mass is 9.69.